The quantitative estimate of drug-likeness (QED) is 0.529. The largest absolute Gasteiger partial charge is 0.478 e. The number of carbonyl (C=O) groups is 4. The summed E-state index contributed by atoms with van der Waals surface area (Å²) >= 11 is 0. The van der Waals surface area contributed by atoms with Gasteiger partial charge in [-0.15, -0.1) is 0 Å². The van der Waals surface area contributed by atoms with Crippen LogP contribution in [0.25, 0.3) is 0 Å². The third-order valence-electron chi connectivity index (χ3n) is 2.64. The lowest BCUT2D eigenvalue weighted by Crippen LogP contribution is -2.15. The van der Waals surface area contributed by atoms with E-state index in [1.807, 2.05) is 0 Å². The molecule has 0 unspecified atom stereocenters. The topological polar surface area (TPSA) is 138 Å². The molecule has 8 heteroatoms. The minimum atomic E-state index is -1.58. The van der Waals surface area contributed by atoms with Crippen LogP contribution in [0.5, 0.6) is 0 Å². The highest BCUT2D eigenvalue weighted by molar-refractivity contribution is 6.04. The molecule has 1 rings (SSSR count). The molecule has 0 fully saturated rings. The number of aromatic carboxylic acids is 3. The van der Waals surface area contributed by atoms with Crippen molar-refractivity contribution in [1.29, 1.82) is 0 Å². The van der Waals surface area contributed by atoms with E-state index < -0.39 is 47.2 Å². The number of rotatable bonds is 6. The van der Waals surface area contributed by atoms with Crippen LogP contribution in [0, 0.1) is 0 Å². The molecule has 1 aromatic carbocycles. The molecule has 0 saturated heterocycles. The highest BCUT2D eigenvalue weighted by atomic mass is 16.5. The van der Waals surface area contributed by atoms with Gasteiger partial charge in [-0.05, 0) is 19.1 Å². The molecule has 0 saturated carbocycles. The van der Waals surface area contributed by atoms with Crippen molar-refractivity contribution >= 4 is 23.9 Å². The Bertz CT molecular complexity index is 686. The van der Waals surface area contributed by atoms with Crippen molar-refractivity contribution in [3.8, 4) is 0 Å². The molecule has 0 aromatic heterocycles. The first kappa shape index (κ1) is 16.9. The summed E-state index contributed by atoms with van der Waals surface area (Å²) in [5.74, 6) is -5.37. The van der Waals surface area contributed by atoms with E-state index in [2.05, 4.69) is 6.58 Å². The molecule has 0 heterocycles. The second kappa shape index (κ2) is 6.53. The van der Waals surface area contributed by atoms with Crippen LogP contribution in [0.15, 0.2) is 24.3 Å². The SMILES string of the molecule is C=C(C)C(=O)OCc1cc(C(=O)O)c(C(=O)O)cc1C(=O)O. The van der Waals surface area contributed by atoms with Crippen LogP contribution in [0.1, 0.15) is 43.6 Å². The van der Waals surface area contributed by atoms with Crippen molar-refractivity contribution in [3.63, 3.8) is 0 Å². The third-order valence-corrected chi connectivity index (χ3v) is 2.64. The molecule has 0 aliphatic heterocycles. The summed E-state index contributed by atoms with van der Waals surface area (Å²) in [5.41, 5.74) is -1.78. The number of esters is 1. The van der Waals surface area contributed by atoms with Crippen molar-refractivity contribution in [1.82, 2.24) is 0 Å². The van der Waals surface area contributed by atoms with Gasteiger partial charge in [0, 0.05) is 11.1 Å². The summed E-state index contributed by atoms with van der Waals surface area (Å²) in [4.78, 5) is 44.6. The smallest absolute Gasteiger partial charge is 0.336 e. The Morgan fingerprint density at radius 2 is 1.41 bits per heavy atom. The van der Waals surface area contributed by atoms with Crippen molar-refractivity contribution in [3.05, 3.63) is 46.5 Å². The Morgan fingerprint density at radius 1 is 0.955 bits per heavy atom. The highest BCUT2D eigenvalue weighted by Crippen LogP contribution is 2.19. The second-order valence-electron chi connectivity index (χ2n) is 4.33. The minimum Gasteiger partial charge on any atom is -0.478 e. The summed E-state index contributed by atoms with van der Waals surface area (Å²) < 4.78 is 4.77. The monoisotopic (exact) mass is 308 g/mol. The number of carboxylic acid groups (broad SMARTS) is 3. The van der Waals surface area contributed by atoms with Crippen molar-refractivity contribution < 1.29 is 39.2 Å². The molecule has 0 aliphatic rings. The maximum atomic E-state index is 11.3. The van der Waals surface area contributed by atoms with Gasteiger partial charge in [0.25, 0.3) is 0 Å². The summed E-state index contributed by atoms with van der Waals surface area (Å²) in [6, 6.07) is 1.58. The van der Waals surface area contributed by atoms with Gasteiger partial charge in [-0.2, -0.15) is 0 Å². The zero-order chi connectivity index (χ0) is 17.0. The zero-order valence-corrected chi connectivity index (χ0v) is 11.5. The van der Waals surface area contributed by atoms with Crippen molar-refractivity contribution in [2.24, 2.45) is 0 Å². The molecule has 0 spiro atoms. The number of benzene rings is 1. The molecule has 0 bridgehead atoms. The average Bonchev–Trinajstić information content (AvgIpc) is 2.42. The first-order valence-electron chi connectivity index (χ1n) is 5.84. The molecule has 0 atom stereocenters. The molecule has 0 aliphatic carbocycles. The van der Waals surface area contributed by atoms with E-state index in [0.29, 0.717) is 0 Å². The molecular weight excluding hydrogens is 296 g/mol. The summed E-state index contributed by atoms with van der Waals surface area (Å²) in [6.45, 7) is 4.21. The molecule has 22 heavy (non-hydrogen) atoms. The van der Waals surface area contributed by atoms with Gasteiger partial charge in [-0.3, -0.25) is 0 Å². The first-order valence-corrected chi connectivity index (χ1v) is 5.84. The molecule has 3 N–H and O–H groups in total. The Labute approximate surface area is 124 Å². The van der Waals surface area contributed by atoms with Gasteiger partial charge in [0.1, 0.15) is 6.61 Å². The van der Waals surface area contributed by atoms with Crippen LogP contribution in [-0.2, 0) is 16.1 Å². The first-order chi connectivity index (χ1) is 10.1. The van der Waals surface area contributed by atoms with Crippen LogP contribution in [0.2, 0.25) is 0 Å². The number of hydrogen-bond donors (Lipinski definition) is 3. The number of ether oxygens (including phenoxy) is 1. The Kier molecular flexibility index (Phi) is 5.01. The fourth-order valence-electron chi connectivity index (χ4n) is 1.58. The van der Waals surface area contributed by atoms with Gasteiger partial charge in [-0.1, -0.05) is 6.58 Å². The number of carboxylic acids is 3. The van der Waals surface area contributed by atoms with Crippen LogP contribution >= 0.6 is 0 Å². The Balaban J connectivity index is 3.36. The number of hydrogen-bond acceptors (Lipinski definition) is 5. The normalized spacial score (nSPS) is 9.86. The lowest BCUT2D eigenvalue weighted by Gasteiger charge is -2.11. The van der Waals surface area contributed by atoms with Crippen molar-refractivity contribution in [2.75, 3.05) is 0 Å². The van der Waals surface area contributed by atoms with Crippen LogP contribution < -0.4 is 0 Å². The maximum Gasteiger partial charge on any atom is 0.336 e. The van der Waals surface area contributed by atoms with Crippen LogP contribution in [0.3, 0.4) is 0 Å². The molecule has 8 nitrogen and oxygen atoms in total. The van der Waals surface area contributed by atoms with Gasteiger partial charge < -0.3 is 20.1 Å². The molecular formula is C14H12O8. The van der Waals surface area contributed by atoms with Crippen LogP contribution in [0.4, 0.5) is 0 Å². The maximum absolute atomic E-state index is 11.3. The van der Waals surface area contributed by atoms with Crippen molar-refractivity contribution in [2.45, 2.75) is 13.5 Å². The zero-order valence-electron chi connectivity index (χ0n) is 11.5. The molecule has 1 aromatic rings. The minimum absolute atomic E-state index is 0.0810. The van der Waals surface area contributed by atoms with Gasteiger partial charge in [0.15, 0.2) is 0 Å². The van der Waals surface area contributed by atoms with E-state index in [1.165, 1.54) is 6.92 Å². The van der Waals surface area contributed by atoms with E-state index in [9.17, 15) is 19.2 Å². The predicted molar refractivity (Wildman–Crippen MR) is 71.9 cm³/mol. The fraction of sp³-hybridized carbons (Fsp3) is 0.143. The van der Waals surface area contributed by atoms with Gasteiger partial charge >= 0.3 is 23.9 Å². The van der Waals surface area contributed by atoms with Gasteiger partial charge in [0.05, 0.1) is 16.7 Å². The summed E-state index contributed by atoms with van der Waals surface area (Å²) in [5, 5.41) is 27.0. The summed E-state index contributed by atoms with van der Waals surface area (Å²) in [6.07, 6.45) is 0. The lowest BCUT2D eigenvalue weighted by atomic mass is 9.98. The number of carbonyl (C=O) groups excluding carboxylic acids is 1. The second-order valence-corrected chi connectivity index (χ2v) is 4.33. The Hall–Kier alpha value is -3.16. The standard InChI is InChI=1S/C14H12O8/c1-6(2)14(21)22-5-7-3-9(12(17)18)10(13(19)20)4-8(7)11(15)16/h3-4H,1,5H2,2H3,(H,15,16)(H,17,18)(H,19,20). The summed E-state index contributed by atoms with van der Waals surface area (Å²) in [7, 11) is 0. The van der Waals surface area contributed by atoms with E-state index in [1.54, 1.807) is 0 Å². The van der Waals surface area contributed by atoms with Gasteiger partial charge in [0.2, 0.25) is 0 Å². The van der Waals surface area contributed by atoms with E-state index >= 15 is 0 Å². The average molecular weight is 308 g/mol. The van der Waals surface area contributed by atoms with Crippen LogP contribution in [-0.4, -0.2) is 39.2 Å². The predicted octanol–water partition coefficient (Wildman–Crippen LogP) is 1.40. The molecule has 0 amide bonds. The van der Waals surface area contributed by atoms with E-state index in [4.69, 9.17) is 20.1 Å². The van der Waals surface area contributed by atoms with E-state index in [-0.39, 0.29) is 11.1 Å². The lowest BCUT2D eigenvalue weighted by molar-refractivity contribution is -0.140. The Morgan fingerprint density at radius 3 is 1.82 bits per heavy atom. The molecule has 116 valence electrons. The third kappa shape index (κ3) is 3.69. The van der Waals surface area contributed by atoms with E-state index in [0.717, 1.165) is 12.1 Å². The molecule has 0 radical (unpaired) electrons. The van der Waals surface area contributed by atoms with Gasteiger partial charge in [-0.25, -0.2) is 19.2 Å². The highest BCUT2D eigenvalue weighted by Gasteiger charge is 2.22. The fourth-order valence-corrected chi connectivity index (χ4v) is 1.58.